The number of amides is 3. The van der Waals surface area contributed by atoms with Crippen LogP contribution in [-0.4, -0.2) is 30.3 Å². The average molecular weight is 362 g/mol. The summed E-state index contributed by atoms with van der Waals surface area (Å²) < 4.78 is 18.1. The average Bonchev–Trinajstić information content (AvgIpc) is 2.61. The SMILES string of the molecule is O=C(COC(=O)CSc1ccccc1)NC(=O)Nc1ccccc1F. The summed E-state index contributed by atoms with van der Waals surface area (Å²) in [5.41, 5.74) is -0.0657. The molecule has 25 heavy (non-hydrogen) atoms. The zero-order valence-corrected chi connectivity index (χ0v) is 13.8. The number of para-hydroxylation sites is 1. The van der Waals surface area contributed by atoms with Gasteiger partial charge in [0.05, 0.1) is 11.4 Å². The van der Waals surface area contributed by atoms with E-state index in [0.717, 1.165) is 4.90 Å². The first-order valence-electron chi connectivity index (χ1n) is 7.23. The molecule has 0 atom stereocenters. The van der Waals surface area contributed by atoms with E-state index in [4.69, 9.17) is 4.74 Å². The largest absolute Gasteiger partial charge is 0.455 e. The predicted octanol–water partition coefficient (Wildman–Crippen LogP) is 2.81. The number of carbonyl (C=O) groups is 3. The first-order chi connectivity index (χ1) is 12.0. The molecule has 0 radical (unpaired) electrons. The first kappa shape index (κ1) is 18.5. The molecule has 3 amide bonds. The van der Waals surface area contributed by atoms with Gasteiger partial charge in [0.1, 0.15) is 5.82 Å². The smallest absolute Gasteiger partial charge is 0.326 e. The third-order valence-electron chi connectivity index (χ3n) is 2.84. The quantitative estimate of drug-likeness (QED) is 0.610. The van der Waals surface area contributed by atoms with E-state index in [0.29, 0.717) is 0 Å². The van der Waals surface area contributed by atoms with Crippen LogP contribution in [0.4, 0.5) is 14.9 Å². The van der Waals surface area contributed by atoms with Crippen molar-refractivity contribution >= 4 is 35.4 Å². The molecule has 0 aliphatic heterocycles. The summed E-state index contributed by atoms with van der Waals surface area (Å²) in [6.45, 7) is -0.598. The fourth-order valence-corrected chi connectivity index (χ4v) is 2.44. The minimum absolute atomic E-state index is 0.0404. The molecule has 6 nitrogen and oxygen atoms in total. The molecule has 8 heteroatoms. The number of urea groups is 1. The maximum atomic E-state index is 13.4. The Kier molecular flexibility index (Phi) is 6.97. The molecule has 130 valence electrons. The molecule has 0 heterocycles. The fourth-order valence-electron chi connectivity index (χ4n) is 1.73. The normalized spacial score (nSPS) is 9.96. The van der Waals surface area contributed by atoms with Crippen LogP contribution in [0.1, 0.15) is 0 Å². The highest BCUT2D eigenvalue weighted by molar-refractivity contribution is 8.00. The Hall–Kier alpha value is -2.87. The van der Waals surface area contributed by atoms with E-state index in [2.05, 4.69) is 5.32 Å². The van der Waals surface area contributed by atoms with Gasteiger partial charge in [-0.05, 0) is 24.3 Å². The maximum Gasteiger partial charge on any atom is 0.326 e. The van der Waals surface area contributed by atoms with Crippen LogP contribution in [0.5, 0.6) is 0 Å². The van der Waals surface area contributed by atoms with E-state index in [1.807, 2.05) is 35.6 Å². The standard InChI is InChI=1S/C17H15FN2O4S/c18-13-8-4-5-9-14(13)19-17(23)20-15(21)10-24-16(22)11-25-12-6-2-1-3-7-12/h1-9H,10-11H2,(H2,19,20,21,23). The van der Waals surface area contributed by atoms with Crippen molar-refractivity contribution < 1.29 is 23.5 Å². The van der Waals surface area contributed by atoms with Gasteiger partial charge in [0.2, 0.25) is 0 Å². The summed E-state index contributed by atoms with van der Waals surface area (Å²) in [6, 6.07) is 13.8. The van der Waals surface area contributed by atoms with Crippen LogP contribution >= 0.6 is 11.8 Å². The second-order valence-corrected chi connectivity index (χ2v) is 5.79. The van der Waals surface area contributed by atoms with Crippen molar-refractivity contribution in [3.05, 3.63) is 60.4 Å². The number of hydrogen-bond acceptors (Lipinski definition) is 5. The number of carbonyl (C=O) groups excluding carboxylic acids is 3. The number of hydrogen-bond donors (Lipinski definition) is 2. The minimum atomic E-state index is -0.912. The maximum absolute atomic E-state index is 13.4. The molecule has 0 fully saturated rings. The summed E-state index contributed by atoms with van der Waals surface area (Å²) in [5.74, 6) is -1.99. The van der Waals surface area contributed by atoms with E-state index < -0.39 is 30.3 Å². The highest BCUT2D eigenvalue weighted by Gasteiger charge is 2.12. The zero-order valence-electron chi connectivity index (χ0n) is 13.0. The van der Waals surface area contributed by atoms with Crippen LogP contribution in [0, 0.1) is 5.82 Å². The number of thioether (sulfide) groups is 1. The molecule has 0 bridgehead atoms. The predicted molar refractivity (Wildman–Crippen MR) is 91.7 cm³/mol. The van der Waals surface area contributed by atoms with Crippen LogP contribution in [0.3, 0.4) is 0 Å². The van der Waals surface area contributed by atoms with Gasteiger partial charge in [-0.25, -0.2) is 9.18 Å². The highest BCUT2D eigenvalue weighted by Crippen LogP contribution is 2.16. The monoisotopic (exact) mass is 362 g/mol. The zero-order chi connectivity index (χ0) is 18.1. The number of esters is 1. The Morgan fingerprint density at radius 3 is 2.40 bits per heavy atom. The Morgan fingerprint density at radius 2 is 1.68 bits per heavy atom. The molecule has 2 aromatic rings. The molecule has 2 aromatic carbocycles. The molecule has 0 aliphatic carbocycles. The van der Waals surface area contributed by atoms with Crippen LogP contribution in [0.25, 0.3) is 0 Å². The number of anilines is 1. The van der Waals surface area contributed by atoms with E-state index in [1.165, 1.54) is 36.0 Å². The van der Waals surface area contributed by atoms with Gasteiger partial charge in [-0.1, -0.05) is 30.3 Å². The van der Waals surface area contributed by atoms with Gasteiger partial charge in [-0.2, -0.15) is 0 Å². The summed E-state index contributed by atoms with van der Waals surface area (Å²) in [4.78, 5) is 35.6. The van der Waals surface area contributed by atoms with Gasteiger partial charge < -0.3 is 10.1 Å². The lowest BCUT2D eigenvalue weighted by molar-refractivity contribution is -0.145. The molecule has 0 unspecified atom stereocenters. The van der Waals surface area contributed by atoms with E-state index in [-0.39, 0.29) is 11.4 Å². The van der Waals surface area contributed by atoms with Gasteiger partial charge in [0.15, 0.2) is 6.61 Å². The number of nitrogens with one attached hydrogen (secondary N) is 2. The van der Waals surface area contributed by atoms with Gasteiger partial charge in [-0.15, -0.1) is 11.8 Å². The molecule has 0 spiro atoms. The van der Waals surface area contributed by atoms with Crippen molar-refractivity contribution in [3.8, 4) is 0 Å². The van der Waals surface area contributed by atoms with Crippen molar-refractivity contribution in [2.24, 2.45) is 0 Å². The second kappa shape index (κ2) is 9.43. The van der Waals surface area contributed by atoms with Crippen LogP contribution in [0.15, 0.2) is 59.5 Å². The minimum Gasteiger partial charge on any atom is -0.455 e. The van der Waals surface area contributed by atoms with Crippen LogP contribution in [0.2, 0.25) is 0 Å². The lowest BCUT2D eigenvalue weighted by Crippen LogP contribution is -2.37. The number of halogens is 1. The lowest BCUT2D eigenvalue weighted by Gasteiger charge is -2.08. The summed E-state index contributed by atoms with van der Waals surface area (Å²) in [7, 11) is 0. The first-order valence-corrected chi connectivity index (χ1v) is 8.22. The van der Waals surface area contributed by atoms with E-state index in [1.54, 1.807) is 0 Å². The topological polar surface area (TPSA) is 84.5 Å². The summed E-state index contributed by atoms with van der Waals surface area (Å²) in [6.07, 6.45) is 0. The van der Waals surface area contributed by atoms with Crippen molar-refractivity contribution in [1.29, 1.82) is 0 Å². The number of imide groups is 1. The summed E-state index contributed by atoms with van der Waals surface area (Å²) >= 11 is 1.27. The van der Waals surface area contributed by atoms with Gasteiger partial charge >= 0.3 is 12.0 Å². The molecule has 2 rings (SSSR count). The van der Waals surface area contributed by atoms with Crippen molar-refractivity contribution in [3.63, 3.8) is 0 Å². The molecular weight excluding hydrogens is 347 g/mol. The second-order valence-electron chi connectivity index (χ2n) is 4.74. The molecule has 0 saturated carbocycles. The van der Waals surface area contributed by atoms with Gasteiger partial charge in [0.25, 0.3) is 5.91 Å². The molecule has 0 aliphatic rings. The number of ether oxygens (including phenoxy) is 1. The Bertz CT molecular complexity index is 755. The van der Waals surface area contributed by atoms with Crippen LogP contribution < -0.4 is 10.6 Å². The van der Waals surface area contributed by atoms with Crippen molar-refractivity contribution in [2.45, 2.75) is 4.90 Å². The number of rotatable bonds is 6. The Balaban J connectivity index is 1.68. The third-order valence-corrected chi connectivity index (χ3v) is 3.82. The molecule has 0 aromatic heterocycles. The molecule has 2 N–H and O–H groups in total. The van der Waals surface area contributed by atoms with E-state index >= 15 is 0 Å². The third kappa shape index (κ3) is 6.64. The van der Waals surface area contributed by atoms with Gasteiger partial charge in [0, 0.05) is 4.90 Å². The lowest BCUT2D eigenvalue weighted by atomic mass is 10.3. The number of benzene rings is 2. The Morgan fingerprint density at radius 1 is 1.00 bits per heavy atom. The van der Waals surface area contributed by atoms with Crippen molar-refractivity contribution in [1.82, 2.24) is 5.32 Å². The van der Waals surface area contributed by atoms with E-state index in [9.17, 15) is 18.8 Å². The molecule has 0 saturated heterocycles. The Labute approximate surface area is 147 Å². The van der Waals surface area contributed by atoms with Gasteiger partial charge in [-0.3, -0.25) is 14.9 Å². The highest BCUT2D eigenvalue weighted by atomic mass is 32.2. The fraction of sp³-hybridized carbons (Fsp3) is 0.118. The molecular formula is C17H15FN2O4S. The van der Waals surface area contributed by atoms with Crippen molar-refractivity contribution in [2.75, 3.05) is 17.7 Å². The van der Waals surface area contributed by atoms with Crippen LogP contribution in [-0.2, 0) is 14.3 Å². The summed E-state index contributed by atoms with van der Waals surface area (Å²) in [5, 5.41) is 4.13.